The molecule has 1 aliphatic rings. The number of phenolic OH excluding ortho intramolecular Hbond substituents is 1. The van der Waals surface area contributed by atoms with Crippen molar-refractivity contribution in [2.24, 2.45) is 5.10 Å². The van der Waals surface area contributed by atoms with Gasteiger partial charge in [-0.15, -0.1) is 0 Å². The van der Waals surface area contributed by atoms with E-state index in [1.807, 2.05) is 18.2 Å². The Hall–Kier alpha value is -3.15. The van der Waals surface area contributed by atoms with E-state index in [2.05, 4.69) is 15.8 Å². The van der Waals surface area contributed by atoms with Gasteiger partial charge >= 0.3 is 0 Å². The molecule has 0 saturated carbocycles. The third-order valence-corrected chi connectivity index (χ3v) is 3.89. The van der Waals surface area contributed by atoms with Gasteiger partial charge in [-0.1, -0.05) is 18.2 Å². The molecule has 0 radical (unpaired) electrons. The number of phenols is 1. The van der Waals surface area contributed by atoms with Crippen LogP contribution in [-0.2, 0) is 11.2 Å². The number of hydrogen-bond donors (Lipinski definition) is 3. The van der Waals surface area contributed by atoms with Crippen LogP contribution in [0.4, 0.5) is 5.69 Å². The number of fused-ring (bicyclic) bond motifs is 1. The van der Waals surface area contributed by atoms with Crippen LogP contribution in [0.15, 0.2) is 47.6 Å². The second-order valence-electron chi connectivity index (χ2n) is 5.58. The Morgan fingerprint density at radius 2 is 2.00 bits per heavy atom. The minimum atomic E-state index is -0.474. The number of hydrogen-bond acceptors (Lipinski definition) is 4. The van der Waals surface area contributed by atoms with Gasteiger partial charge in [0, 0.05) is 12.1 Å². The summed E-state index contributed by atoms with van der Waals surface area (Å²) >= 11 is 0. The van der Waals surface area contributed by atoms with Gasteiger partial charge in [0.1, 0.15) is 5.75 Å². The van der Waals surface area contributed by atoms with Crippen molar-refractivity contribution in [1.82, 2.24) is 5.43 Å². The second-order valence-corrected chi connectivity index (χ2v) is 5.58. The summed E-state index contributed by atoms with van der Waals surface area (Å²) in [6.07, 6.45) is 1.16. The van der Waals surface area contributed by atoms with E-state index in [-0.39, 0.29) is 17.2 Å². The van der Waals surface area contributed by atoms with E-state index >= 15 is 0 Å². The summed E-state index contributed by atoms with van der Waals surface area (Å²) in [6.45, 7) is 1.79. The maximum atomic E-state index is 12.0. The molecule has 0 atom stereocenters. The lowest BCUT2D eigenvalue weighted by Crippen LogP contribution is -2.20. The van der Waals surface area contributed by atoms with Crippen molar-refractivity contribution < 1.29 is 14.7 Å². The quantitative estimate of drug-likeness (QED) is 0.598. The number of aromatic hydroxyl groups is 1. The van der Waals surface area contributed by atoms with E-state index < -0.39 is 5.91 Å². The molecule has 0 bridgehead atoms. The number of para-hydroxylation sites is 1. The lowest BCUT2D eigenvalue weighted by Gasteiger charge is -2.17. The number of carbonyl (C=O) groups excluding carboxylic acids is 2. The number of hydrazone groups is 1. The highest BCUT2D eigenvalue weighted by atomic mass is 16.3. The second kappa shape index (κ2) is 6.54. The van der Waals surface area contributed by atoms with Crippen LogP contribution in [0.3, 0.4) is 0 Å². The summed E-state index contributed by atoms with van der Waals surface area (Å²) in [5.74, 6) is -0.541. The Morgan fingerprint density at radius 1 is 1.21 bits per heavy atom. The number of carbonyl (C=O) groups is 2. The molecule has 6 heteroatoms. The summed E-state index contributed by atoms with van der Waals surface area (Å²) < 4.78 is 0. The molecule has 2 aromatic carbocycles. The molecular weight excluding hydrogens is 306 g/mol. The Kier molecular flexibility index (Phi) is 4.29. The molecule has 3 rings (SSSR count). The first kappa shape index (κ1) is 15.7. The minimum absolute atomic E-state index is 0.0237. The van der Waals surface area contributed by atoms with Crippen molar-refractivity contribution in [1.29, 1.82) is 0 Å². The van der Waals surface area contributed by atoms with Gasteiger partial charge in [0.15, 0.2) is 0 Å². The fourth-order valence-corrected chi connectivity index (χ4v) is 2.53. The predicted molar refractivity (Wildman–Crippen MR) is 91.2 cm³/mol. The first-order chi connectivity index (χ1) is 11.5. The smallest absolute Gasteiger partial charge is 0.275 e. The summed E-state index contributed by atoms with van der Waals surface area (Å²) in [7, 11) is 0. The summed E-state index contributed by atoms with van der Waals surface area (Å²) in [5, 5.41) is 16.6. The van der Waals surface area contributed by atoms with Gasteiger partial charge in [-0.2, -0.15) is 5.10 Å². The van der Waals surface area contributed by atoms with Crippen molar-refractivity contribution in [3.05, 3.63) is 59.2 Å². The number of aryl methyl sites for hydroxylation is 1. The monoisotopic (exact) mass is 323 g/mol. The minimum Gasteiger partial charge on any atom is -0.507 e. The molecule has 122 valence electrons. The van der Waals surface area contributed by atoms with Crippen LogP contribution in [0.25, 0.3) is 0 Å². The van der Waals surface area contributed by atoms with Gasteiger partial charge in [-0.25, -0.2) is 5.43 Å². The van der Waals surface area contributed by atoms with Gasteiger partial charge in [0.05, 0.1) is 11.3 Å². The molecule has 3 N–H and O–H groups in total. The standard InChI is InChI=1S/C18H17N3O3/c1-11(20-21-18(24)14-4-2-3-5-16(14)22)12-6-8-15-13(10-12)7-9-17(23)19-15/h2-6,8,10,22H,7,9H2,1H3,(H,19,23)(H,21,24). The summed E-state index contributed by atoms with van der Waals surface area (Å²) in [5.41, 5.74) is 5.98. The number of amides is 2. The topological polar surface area (TPSA) is 90.8 Å². The maximum absolute atomic E-state index is 12.0. The molecule has 0 spiro atoms. The Bertz CT molecular complexity index is 843. The van der Waals surface area contributed by atoms with E-state index in [0.717, 1.165) is 16.8 Å². The zero-order chi connectivity index (χ0) is 17.1. The van der Waals surface area contributed by atoms with E-state index in [0.29, 0.717) is 18.6 Å². The molecular formula is C18H17N3O3. The van der Waals surface area contributed by atoms with Gasteiger partial charge in [-0.05, 0) is 48.7 Å². The van der Waals surface area contributed by atoms with Crippen LogP contribution in [0.1, 0.15) is 34.8 Å². The molecule has 0 unspecified atom stereocenters. The van der Waals surface area contributed by atoms with Crippen LogP contribution in [0.5, 0.6) is 5.75 Å². The number of rotatable bonds is 3. The molecule has 1 aliphatic heterocycles. The van der Waals surface area contributed by atoms with Crippen LogP contribution in [0.2, 0.25) is 0 Å². The highest BCUT2D eigenvalue weighted by molar-refractivity contribution is 6.02. The molecule has 0 aliphatic carbocycles. The van der Waals surface area contributed by atoms with Gasteiger partial charge < -0.3 is 10.4 Å². The zero-order valence-electron chi connectivity index (χ0n) is 13.2. The molecule has 0 aromatic heterocycles. The normalized spacial score (nSPS) is 13.9. The SMILES string of the molecule is CC(=NNC(=O)c1ccccc1O)c1ccc2c(c1)CCC(=O)N2. The molecule has 1 heterocycles. The molecule has 2 aromatic rings. The van der Waals surface area contributed by atoms with Crippen LogP contribution >= 0.6 is 0 Å². The highest BCUT2D eigenvalue weighted by Crippen LogP contribution is 2.23. The lowest BCUT2D eigenvalue weighted by molar-refractivity contribution is -0.116. The number of nitrogens with one attached hydrogen (secondary N) is 2. The number of nitrogens with zero attached hydrogens (tertiary/aromatic N) is 1. The first-order valence-corrected chi connectivity index (χ1v) is 7.60. The summed E-state index contributed by atoms with van der Waals surface area (Å²) in [4.78, 5) is 23.4. The Balaban J connectivity index is 1.76. The van der Waals surface area contributed by atoms with E-state index in [4.69, 9.17) is 0 Å². The van der Waals surface area contributed by atoms with Crippen molar-refractivity contribution in [2.45, 2.75) is 19.8 Å². The molecule has 24 heavy (non-hydrogen) atoms. The van der Waals surface area contributed by atoms with Crippen LogP contribution < -0.4 is 10.7 Å². The fourth-order valence-electron chi connectivity index (χ4n) is 2.53. The first-order valence-electron chi connectivity index (χ1n) is 7.60. The number of anilines is 1. The summed E-state index contributed by atoms with van der Waals surface area (Å²) in [6, 6.07) is 11.9. The fraction of sp³-hybridized carbons (Fsp3) is 0.167. The third kappa shape index (κ3) is 3.27. The average molecular weight is 323 g/mol. The van der Waals surface area contributed by atoms with Gasteiger partial charge in [0.2, 0.25) is 5.91 Å². The molecule has 0 fully saturated rings. The maximum Gasteiger partial charge on any atom is 0.275 e. The largest absolute Gasteiger partial charge is 0.507 e. The Labute approximate surface area is 139 Å². The van der Waals surface area contributed by atoms with Crippen molar-refractivity contribution in [3.8, 4) is 5.75 Å². The van der Waals surface area contributed by atoms with E-state index in [9.17, 15) is 14.7 Å². The van der Waals surface area contributed by atoms with Gasteiger partial charge in [0.25, 0.3) is 5.91 Å². The van der Waals surface area contributed by atoms with Crippen LogP contribution in [0, 0.1) is 0 Å². The highest BCUT2D eigenvalue weighted by Gasteiger charge is 2.15. The Morgan fingerprint density at radius 3 is 2.79 bits per heavy atom. The number of benzene rings is 2. The van der Waals surface area contributed by atoms with Crippen molar-refractivity contribution >= 4 is 23.2 Å². The molecule has 0 saturated heterocycles. The molecule has 6 nitrogen and oxygen atoms in total. The zero-order valence-corrected chi connectivity index (χ0v) is 13.2. The molecule has 2 amide bonds. The van der Waals surface area contributed by atoms with E-state index in [1.54, 1.807) is 19.1 Å². The van der Waals surface area contributed by atoms with Crippen LogP contribution in [-0.4, -0.2) is 22.6 Å². The average Bonchev–Trinajstić information content (AvgIpc) is 2.59. The van der Waals surface area contributed by atoms with Crippen molar-refractivity contribution in [3.63, 3.8) is 0 Å². The lowest BCUT2D eigenvalue weighted by atomic mass is 9.99. The predicted octanol–water partition coefficient (Wildman–Crippen LogP) is 2.43. The van der Waals surface area contributed by atoms with Gasteiger partial charge in [-0.3, -0.25) is 9.59 Å². The third-order valence-electron chi connectivity index (χ3n) is 3.89. The van der Waals surface area contributed by atoms with E-state index in [1.165, 1.54) is 12.1 Å². The van der Waals surface area contributed by atoms with Crippen molar-refractivity contribution in [2.75, 3.05) is 5.32 Å².